The number of nitrogens with one attached hydrogen (secondary N) is 1. The highest BCUT2D eigenvalue weighted by molar-refractivity contribution is 5.76. The summed E-state index contributed by atoms with van der Waals surface area (Å²) in [6.07, 6.45) is 31.4. The van der Waals surface area contributed by atoms with Crippen molar-refractivity contribution in [1.29, 1.82) is 0 Å². The molecule has 0 bridgehead atoms. The lowest BCUT2D eigenvalue weighted by Gasteiger charge is -2.48. The molecule has 19 heteroatoms. The van der Waals surface area contributed by atoms with Crippen LogP contribution in [0.15, 0.2) is 24.3 Å². The lowest BCUT2D eigenvalue weighted by atomic mass is 9.96. The van der Waals surface area contributed by atoms with Gasteiger partial charge in [0.25, 0.3) is 0 Å². The van der Waals surface area contributed by atoms with Crippen LogP contribution >= 0.6 is 0 Å². The minimum Gasteiger partial charge on any atom is -0.394 e. The molecular formula is C69H129NO18. The van der Waals surface area contributed by atoms with Gasteiger partial charge >= 0.3 is 0 Å². The van der Waals surface area contributed by atoms with Crippen LogP contribution in [0.3, 0.4) is 0 Å². The van der Waals surface area contributed by atoms with E-state index in [1.165, 1.54) is 193 Å². The summed E-state index contributed by atoms with van der Waals surface area (Å²) in [5.41, 5.74) is 0. The third-order valence-electron chi connectivity index (χ3n) is 18.0. The standard InChI is InChI=1S/C69H129NO18/c1-3-5-7-9-11-13-15-17-18-19-20-21-22-23-24-25-26-27-28-29-30-31-32-33-34-35-37-39-41-43-45-47-57(75)70-52(53(74)46-44-42-40-38-36-16-14-12-10-8-6-4-2)51-83-67-63(81)60(78)65(55(49-72)85-67)88-69-64(82)61(79)66(56(50-73)86-69)87-68-62(80)59(77)58(76)54(48-71)84-68/h15,17,19-20,52-56,58-69,71-74,76-82H,3-14,16,18,21-51H2,1-2H3,(H,70,75)/b17-15-,20-19-. The summed E-state index contributed by atoms with van der Waals surface area (Å²) in [5.74, 6) is -0.240. The Bertz CT molecular complexity index is 1690. The molecular weight excluding hydrogens is 1130 g/mol. The molecule has 3 aliphatic heterocycles. The maximum atomic E-state index is 13.4. The van der Waals surface area contributed by atoms with Crippen molar-refractivity contribution in [3.63, 3.8) is 0 Å². The van der Waals surface area contributed by atoms with Gasteiger partial charge in [-0.15, -0.1) is 0 Å². The predicted octanol–water partition coefficient (Wildman–Crippen LogP) is 9.44. The predicted molar refractivity (Wildman–Crippen MR) is 342 cm³/mol. The fourth-order valence-electron chi connectivity index (χ4n) is 12.2. The van der Waals surface area contributed by atoms with E-state index in [0.717, 1.165) is 51.4 Å². The van der Waals surface area contributed by atoms with Crippen molar-refractivity contribution in [2.45, 2.75) is 381 Å². The SMILES string of the molecule is CCCCCCC/C=C\C/C=C\CCCCCCCCCCCCCCCCCCCCCC(=O)NC(COC1OC(CO)C(OC2OC(CO)C(OC3OC(CO)C(O)C(O)C3O)C(O)C2O)C(O)C1O)C(O)CCCCCCCCCCCCCC. The second-order valence-electron chi connectivity index (χ2n) is 25.7. The number of ether oxygens (including phenoxy) is 6. The van der Waals surface area contributed by atoms with Crippen molar-refractivity contribution >= 4 is 5.91 Å². The number of aliphatic hydroxyl groups excluding tert-OH is 11. The van der Waals surface area contributed by atoms with Crippen LogP contribution in [0, 0.1) is 0 Å². The smallest absolute Gasteiger partial charge is 0.220 e. The molecule has 12 N–H and O–H groups in total. The Morgan fingerprint density at radius 3 is 1.16 bits per heavy atom. The fourth-order valence-corrected chi connectivity index (χ4v) is 12.2. The fraction of sp³-hybridized carbons (Fsp3) is 0.928. The summed E-state index contributed by atoms with van der Waals surface area (Å²) in [6.45, 7) is 1.80. The summed E-state index contributed by atoms with van der Waals surface area (Å²) in [7, 11) is 0. The number of rotatable bonds is 55. The molecule has 3 fully saturated rings. The van der Waals surface area contributed by atoms with Crippen LogP contribution in [-0.2, 0) is 33.2 Å². The van der Waals surface area contributed by atoms with E-state index in [1.807, 2.05) is 0 Å². The third kappa shape index (κ3) is 33.4. The first-order chi connectivity index (χ1) is 42.8. The lowest BCUT2D eigenvalue weighted by molar-refractivity contribution is -0.379. The Labute approximate surface area is 530 Å². The molecule has 0 aromatic rings. The molecule has 17 unspecified atom stereocenters. The highest BCUT2D eigenvalue weighted by Crippen LogP contribution is 2.33. The molecule has 0 spiro atoms. The van der Waals surface area contributed by atoms with E-state index in [-0.39, 0.29) is 18.9 Å². The van der Waals surface area contributed by atoms with E-state index in [0.29, 0.717) is 12.8 Å². The lowest BCUT2D eigenvalue weighted by Crippen LogP contribution is -2.66. The van der Waals surface area contributed by atoms with Crippen molar-refractivity contribution in [2.24, 2.45) is 0 Å². The largest absolute Gasteiger partial charge is 0.394 e. The first-order valence-corrected chi connectivity index (χ1v) is 35.6. The average molecular weight is 1260 g/mol. The van der Waals surface area contributed by atoms with Gasteiger partial charge in [-0.25, -0.2) is 0 Å². The molecule has 518 valence electrons. The molecule has 1 amide bonds. The van der Waals surface area contributed by atoms with Crippen LogP contribution in [0.2, 0.25) is 0 Å². The average Bonchev–Trinajstić information content (AvgIpc) is 1.54. The molecule has 17 atom stereocenters. The van der Waals surface area contributed by atoms with Crippen LogP contribution in [0.1, 0.15) is 277 Å². The number of hydrogen-bond acceptors (Lipinski definition) is 18. The van der Waals surface area contributed by atoms with E-state index in [9.17, 15) is 61.0 Å². The van der Waals surface area contributed by atoms with Crippen LogP contribution < -0.4 is 5.32 Å². The molecule has 3 heterocycles. The minimum atomic E-state index is -1.97. The molecule has 3 saturated heterocycles. The zero-order valence-corrected chi connectivity index (χ0v) is 54.7. The Kier molecular flexibility index (Phi) is 47.3. The second kappa shape index (κ2) is 51.7. The minimum absolute atomic E-state index is 0.240. The highest BCUT2D eigenvalue weighted by atomic mass is 16.8. The third-order valence-corrected chi connectivity index (χ3v) is 18.0. The topological polar surface area (TPSA) is 307 Å². The zero-order chi connectivity index (χ0) is 64.0. The maximum Gasteiger partial charge on any atom is 0.220 e. The van der Waals surface area contributed by atoms with E-state index in [4.69, 9.17) is 28.4 Å². The molecule has 88 heavy (non-hydrogen) atoms. The van der Waals surface area contributed by atoms with E-state index in [2.05, 4.69) is 43.5 Å². The molecule has 0 aromatic carbocycles. The van der Waals surface area contributed by atoms with Gasteiger partial charge in [0.05, 0.1) is 38.6 Å². The Morgan fingerprint density at radius 2 is 0.750 bits per heavy atom. The summed E-state index contributed by atoms with van der Waals surface area (Å²) in [5, 5.41) is 121. The first-order valence-electron chi connectivity index (χ1n) is 35.6. The maximum absolute atomic E-state index is 13.4. The van der Waals surface area contributed by atoms with Crippen molar-refractivity contribution in [3.05, 3.63) is 24.3 Å². The number of carbonyl (C=O) groups excluding carboxylic acids is 1. The van der Waals surface area contributed by atoms with Crippen molar-refractivity contribution in [3.8, 4) is 0 Å². The van der Waals surface area contributed by atoms with Gasteiger partial charge in [-0.3, -0.25) is 4.79 Å². The summed E-state index contributed by atoms with van der Waals surface area (Å²) >= 11 is 0. The number of allylic oxidation sites excluding steroid dienone is 4. The van der Waals surface area contributed by atoms with E-state index < -0.39 is 124 Å². The van der Waals surface area contributed by atoms with Crippen LogP contribution in [0.4, 0.5) is 0 Å². The highest BCUT2D eigenvalue weighted by Gasteiger charge is 2.53. The molecule has 0 saturated carbocycles. The van der Waals surface area contributed by atoms with Gasteiger partial charge in [-0.1, -0.05) is 250 Å². The Hall–Kier alpha value is -1.73. The molecule has 3 rings (SSSR count). The van der Waals surface area contributed by atoms with Gasteiger partial charge in [-0.05, 0) is 44.9 Å². The van der Waals surface area contributed by atoms with E-state index in [1.54, 1.807) is 0 Å². The van der Waals surface area contributed by atoms with Gasteiger partial charge in [0.2, 0.25) is 5.91 Å². The first kappa shape index (κ1) is 80.5. The van der Waals surface area contributed by atoms with Gasteiger partial charge in [0, 0.05) is 6.42 Å². The Morgan fingerprint density at radius 1 is 0.409 bits per heavy atom. The number of carbonyl (C=O) groups is 1. The van der Waals surface area contributed by atoms with Gasteiger partial charge in [0.1, 0.15) is 73.2 Å². The monoisotopic (exact) mass is 1260 g/mol. The van der Waals surface area contributed by atoms with Crippen LogP contribution in [0.25, 0.3) is 0 Å². The number of amides is 1. The number of unbranched alkanes of at least 4 members (excludes halogenated alkanes) is 35. The van der Waals surface area contributed by atoms with Gasteiger partial charge in [0.15, 0.2) is 18.9 Å². The normalized spacial score (nSPS) is 28.5. The van der Waals surface area contributed by atoms with E-state index >= 15 is 0 Å². The molecule has 3 aliphatic rings. The molecule has 0 aliphatic carbocycles. The van der Waals surface area contributed by atoms with Crippen LogP contribution in [-0.4, -0.2) is 193 Å². The van der Waals surface area contributed by atoms with Crippen molar-refractivity contribution in [2.75, 3.05) is 26.4 Å². The summed E-state index contributed by atoms with van der Waals surface area (Å²) in [4.78, 5) is 13.4. The molecule has 0 aromatic heterocycles. The second-order valence-corrected chi connectivity index (χ2v) is 25.7. The molecule has 19 nitrogen and oxygen atoms in total. The van der Waals surface area contributed by atoms with Crippen molar-refractivity contribution in [1.82, 2.24) is 5.32 Å². The number of hydrogen-bond donors (Lipinski definition) is 12. The summed E-state index contributed by atoms with van der Waals surface area (Å²) in [6, 6.07) is -0.883. The van der Waals surface area contributed by atoms with Gasteiger partial charge in [-0.2, -0.15) is 0 Å². The Balaban J connectivity index is 1.35. The summed E-state index contributed by atoms with van der Waals surface area (Å²) < 4.78 is 34.4. The van der Waals surface area contributed by atoms with Crippen LogP contribution in [0.5, 0.6) is 0 Å². The quantitative estimate of drug-likeness (QED) is 0.0199. The zero-order valence-electron chi connectivity index (χ0n) is 54.7. The molecule has 0 radical (unpaired) electrons. The van der Waals surface area contributed by atoms with Gasteiger partial charge < -0.3 is 89.9 Å². The van der Waals surface area contributed by atoms with Crippen molar-refractivity contribution < 1.29 is 89.4 Å². The number of aliphatic hydroxyl groups is 11.